The van der Waals surface area contributed by atoms with Gasteiger partial charge in [-0.2, -0.15) is 4.98 Å². The third-order valence-electron chi connectivity index (χ3n) is 3.66. The lowest BCUT2D eigenvalue weighted by atomic mass is 9.91. The minimum atomic E-state index is 0.170. The van der Waals surface area contributed by atoms with E-state index in [0.29, 0.717) is 11.7 Å². The van der Waals surface area contributed by atoms with Gasteiger partial charge in [0.15, 0.2) is 0 Å². The maximum Gasteiger partial charge on any atom is 0.234 e. The number of para-hydroxylation sites is 1. The number of nitrogens with zero attached hydrogens (tertiary/aromatic N) is 2. The average molecular weight is 266 g/mol. The van der Waals surface area contributed by atoms with E-state index in [4.69, 9.17) is 4.52 Å². The third-order valence-corrected chi connectivity index (χ3v) is 3.66. The van der Waals surface area contributed by atoms with Crippen LogP contribution in [0.5, 0.6) is 0 Å². The second-order valence-corrected chi connectivity index (χ2v) is 4.90. The van der Waals surface area contributed by atoms with Crippen LogP contribution in [0.3, 0.4) is 0 Å². The molecule has 0 fully saturated rings. The Morgan fingerprint density at radius 3 is 3.00 bits per heavy atom. The van der Waals surface area contributed by atoms with Gasteiger partial charge in [-0.1, -0.05) is 23.4 Å². The molecule has 5 heteroatoms. The molecule has 3 heterocycles. The number of fused-ring (bicyclic) bond motifs is 1. The Balaban J connectivity index is 1.72. The van der Waals surface area contributed by atoms with Crippen LogP contribution in [-0.2, 0) is 0 Å². The molecule has 3 aromatic rings. The van der Waals surface area contributed by atoms with E-state index >= 15 is 0 Å². The van der Waals surface area contributed by atoms with Crippen molar-refractivity contribution in [1.82, 2.24) is 15.1 Å². The highest BCUT2D eigenvalue weighted by Gasteiger charge is 2.26. The second-order valence-electron chi connectivity index (χ2n) is 4.90. The molecule has 1 aliphatic rings. The van der Waals surface area contributed by atoms with Crippen LogP contribution in [-0.4, -0.2) is 21.7 Å². The molecule has 100 valence electrons. The molecule has 4 rings (SSSR count). The van der Waals surface area contributed by atoms with Crippen molar-refractivity contribution in [2.45, 2.75) is 12.3 Å². The summed E-state index contributed by atoms with van der Waals surface area (Å²) in [6, 6.07) is 12.1. The molecule has 1 atom stereocenters. The minimum absolute atomic E-state index is 0.170. The van der Waals surface area contributed by atoms with E-state index in [0.717, 1.165) is 24.3 Å². The summed E-state index contributed by atoms with van der Waals surface area (Å²) in [7, 11) is 0. The molecule has 1 aliphatic heterocycles. The number of hydrogen-bond acceptors (Lipinski definition) is 4. The quantitative estimate of drug-likeness (QED) is 0.748. The number of aromatic amines is 1. The SMILES string of the molecule is c1c[nH]c(-c2noc(C3CCNc4ccccc43)n2)c1. The summed E-state index contributed by atoms with van der Waals surface area (Å²) in [5, 5.41) is 7.47. The summed E-state index contributed by atoms with van der Waals surface area (Å²) < 4.78 is 5.48. The maximum atomic E-state index is 5.48. The Kier molecular flexibility index (Phi) is 2.55. The highest BCUT2D eigenvalue weighted by Crippen LogP contribution is 2.35. The van der Waals surface area contributed by atoms with Gasteiger partial charge in [-0.25, -0.2) is 0 Å². The van der Waals surface area contributed by atoms with E-state index in [1.165, 1.54) is 5.56 Å². The maximum absolute atomic E-state index is 5.48. The smallest absolute Gasteiger partial charge is 0.234 e. The van der Waals surface area contributed by atoms with Gasteiger partial charge in [0.25, 0.3) is 0 Å². The van der Waals surface area contributed by atoms with Gasteiger partial charge in [0.05, 0.1) is 11.6 Å². The number of anilines is 1. The summed E-state index contributed by atoms with van der Waals surface area (Å²) in [4.78, 5) is 7.63. The third kappa shape index (κ3) is 1.79. The van der Waals surface area contributed by atoms with Crippen LogP contribution in [0, 0.1) is 0 Å². The van der Waals surface area contributed by atoms with E-state index in [1.807, 2.05) is 30.5 Å². The molecule has 20 heavy (non-hydrogen) atoms. The van der Waals surface area contributed by atoms with Crippen LogP contribution in [0.25, 0.3) is 11.5 Å². The highest BCUT2D eigenvalue weighted by molar-refractivity contribution is 5.56. The van der Waals surface area contributed by atoms with Crippen molar-refractivity contribution >= 4 is 5.69 Å². The Hall–Kier alpha value is -2.56. The van der Waals surface area contributed by atoms with Gasteiger partial charge in [-0.05, 0) is 30.2 Å². The van der Waals surface area contributed by atoms with Crippen molar-refractivity contribution in [3.05, 3.63) is 54.0 Å². The number of H-pyrrole nitrogens is 1. The minimum Gasteiger partial charge on any atom is -0.385 e. The molecule has 0 saturated heterocycles. The molecule has 5 nitrogen and oxygen atoms in total. The Bertz CT molecular complexity index is 717. The number of aromatic nitrogens is 3. The molecule has 2 aromatic heterocycles. The fourth-order valence-corrected chi connectivity index (χ4v) is 2.68. The van der Waals surface area contributed by atoms with Crippen molar-refractivity contribution in [3.63, 3.8) is 0 Å². The van der Waals surface area contributed by atoms with Crippen molar-refractivity contribution in [2.24, 2.45) is 0 Å². The van der Waals surface area contributed by atoms with Crippen LogP contribution in [0.1, 0.15) is 23.8 Å². The number of rotatable bonds is 2. The van der Waals surface area contributed by atoms with Crippen LogP contribution >= 0.6 is 0 Å². The van der Waals surface area contributed by atoms with Gasteiger partial charge in [0, 0.05) is 18.4 Å². The topological polar surface area (TPSA) is 66.7 Å². The monoisotopic (exact) mass is 266 g/mol. The van der Waals surface area contributed by atoms with E-state index in [-0.39, 0.29) is 5.92 Å². The van der Waals surface area contributed by atoms with Gasteiger partial charge < -0.3 is 14.8 Å². The van der Waals surface area contributed by atoms with Crippen molar-refractivity contribution in [3.8, 4) is 11.5 Å². The van der Waals surface area contributed by atoms with Gasteiger partial charge in [0.1, 0.15) is 0 Å². The van der Waals surface area contributed by atoms with Crippen molar-refractivity contribution in [2.75, 3.05) is 11.9 Å². The molecule has 2 N–H and O–H groups in total. The van der Waals surface area contributed by atoms with E-state index in [1.54, 1.807) is 0 Å². The standard InChI is InChI=1S/C15H14N4O/c1-2-5-12-10(4-1)11(7-9-17-12)15-18-14(19-20-15)13-6-3-8-16-13/h1-6,8,11,16-17H,7,9H2. The highest BCUT2D eigenvalue weighted by atomic mass is 16.5. The van der Waals surface area contributed by atoms with Gasteiger partial charge >= 0.3 is 0 Å². The Labute approximate surface area is 116 Å². The molecule has 0 saturated carbocycles. The zero-order valence-electron chi connectivity index (χ0n) is 10.8. The van der Waals surface area contributed by atoms with Gasteiger partial charge in [-0.3, -0.25) is 0 Å². The summed E-state index contributed by atoms with van der Waals surface area (Å²) in [5.74, 6) is 1.47. The second kappa shape index (κ2) is 4.52. The van der Waals surface area contributed by atoms with Crippen molar-refractivity contribution < 1.29 is 4.52 Å². The Morgan fingerprint density at radius 2 is 2.10 bits per heavy atom. The molecule has 1 aromatic carbocycles. The molecule has 0 aliphatic carbocycles. The molecule has 0 spiro atoms. The van der Waals surface area contributed by atoms with Crippen LogP contribution < -0.4 is 5.32 Å². The molecular formula is C15H14N4O. The molecule has 0 amide bonds. The lowest BCUT2D eigenvalue weighted by Gasteiger charge is -2.23. The summed E-state index contributed by atoms with van der Waals surface area (Å²) in [6.45, 7) is 0.919. The van der Waals surface area contributed by atoms with Crippen molar-refractivity contribution in [1.29, 1.82) is 0 Å². The summed E-state index contributed by atoms with van der Waals surface area (Å²) >= 11 is 0. The van der Waals surface area contributed by atoms with Gasteiger partial charge in [0.2, 0.25) is 11.7 Å². The fraction of sp³-hybridized carbons (Fsp3) is 0.200. The average Bonchev–Trinajstić information content (AvgIpc) is 3.17. The zero-order valence-corrected chi connectivity index (χ0v) is 10.8. The number of benzene rings is 1. The first-order valence-electron chi connectivity index (χ1n) is 6.72. The lowest BCUT2D eigenvalue weighted by Crippen LogP contribution is -2.17. The summed E-state index contributed by atoms with van der Waals surface area (Å²) in [5.41, 5.74) is 3.26. The first-order chi connectivity index (χ1) is 9.92. The molecule has 0 bridgehead atoms. The molecule has 0 radical (unpaired) electrons. The normalized spacial score (nSPS) is 17.5. The summed E-state index contributed by atoms with van der Waals surface area (Å²) in [6.07, 6.45) is 2.81. The molecule has 1 unspecified atom stereocenters. The molecular weight excluding hydrogens is 252 g/mol. The van der Waals surface area contributed by atoms with E-state index < -0.39 is 0 Å². The van der Waals surface area contributed by atoms with E-state index in [2.05, 4.69) is 32.6 Å². The number of nitrogens with one attached hydrogen (secondary N) is 2. The predicted molar refractivity (Wildman–Crippen MR) is 75.5 cm³/mol. The van der Waals surface area contributed by atoms with Crippen LogP contribution in [0.15, 0.2) is 47.1 Å². The predicted octanol–water partition coefficient (Wildman–Crippen LogP) is 3.01. The first kappa shape index (κ1) is 11.3. The first-order valence-corrected chi connectivity index (χ1v) is 6.72. The van der Waals surface area contributed by atoms with E-state index in [9.17, 15) is 0 Å². The van der Waals surface area contributed by atoms with Crippen LogP contribution in [0.2, 0.25) is 0 Å². The largest absolute Gasteiger partial charge is 0.385 e. The number of hydrogen-bond donors (Lipinski definition) is 2. The van der Waals surface area contributed by atoms with Gasteiger partial charge in [-0.15, -0.1) is 0 Å². The lowest BCUT2D eigenvalue weighted by molar-refractivity contribution is 0.361. The van der Waals surface area contributed by atoms with Crippen LogP contribution in [0.4, 0.5) is 5.69 Å². The zero-order chi connectivity index (χ0) is 13.4. The fourth-order valence-electron chi connectivity index (χ4n) is 2.68. The Morgan fingerprint density at radius 1 is 1.15 bits per heavy atom.